The zero-order valence-electron chi connectivity index (χ0n) is 16.4. The molecule has 2 heterocycles. The van der Waals surface area contributed by atoms with Crippen LogP contribution in [0, 0.1) is 0 Å². The Kier molecular flexibility index (Phi) is 5.33. The third-order valence-electron chi connectivity index (χ3n) is 5.75. The predicted molar refractivity (Wildman–Crippen MR) is 110 cm³/mol. The van der Waals surface area contributed by atoms with Crippen molar-refractivity contribution in [3.8, 4) is 0 Å². The first-order chi connectivity index (χ1) is 13.6. The van der Waals surface area contributed by atoms with Crippen LogP contribution in [0.2, 0.25) is 0 Å². The number of fused-ring (bicyclic) bond motifs is 1. The highest BCUT2D eigenvalue weighted by atomic mass is 16.2. The van der Waals surface area contributed by atoms with Gasteiger partial charge in [-0.2, -0.15) is 0 Å². The monoisotopic (exact) mass is 377 g/mol. The van der Waals surface area contributed by atoms with Crippen LogP contribution in [0.1, 0.15) is 41.3 Å². The van der Waals surface area contributed by atoms with E-state index in [4.69, 9.17) is 0 Å². The maximum atomic E-state index is 12.5. The molecular weight excluding hydrogens is 350 g/mol. The SMILES string of the molecule is CC1Cc2ccccc2N1CC(=O)NCc1ccc(C(=O)N2CCCC2)cc1. The summed E-state index contributed by atoms with van der Waals surface area (Å²) in [4.78, 5) is 28.9. The molecule has 4 rings (SSSR count). The number of carbonyl (C=O) groups excluding carboxylic acids is 2. The molecule has 5 heteroatoms. The van der Waals surface area contributed by atoms with E-state index in [1.165, 1.54) is 5.56 Å². The summed E-state index contributed by atoms with van der Waals surface area (Å²) in [6.45, 7) is 4.71. The second-order valence-electron chi connectivity index (χ2n) is 7.78. The quantitative estimate of drug-likeness (QED) is 0.872. The normalized spacial score (nSPS) is 18.2. The van der Waals surface area contributed by atoms with E-state index in [2.05, 4.69) is 29.3 Å². The largest absolute Gasteiger partial charge is 0.359 e. The van der Waals surface area contributed by atoms with Crippen LogP contribution in [-0.2, 0) is 17.8 Å². The molecule has 0 aromatic heterocycles. The van der Waals surface area contributed by atoms with Crippen LogP contribution in [-0.4, -0.2) is 42.4 Å². The van der Waals surface area contributed by atoms with Crippen molar-refractivity contribution in [3.05, 3.63) is 65.2 Å². The van der Waals surface area contributed by atoms with E-state index >= 15 is 0 Å². The van der Waals surface area contributed by atoms with Gasteiger partial charge in [-0.25, -0.2) is 0 Å². The van der Waals surface area contributed by atoms with Crippen LogP contribution in [0.5, 0.6) is 0 Å². The van der Waals surface area contributed by atoms with E-state index in [0.29, 0.717) is 19.1 Å². The van der Waals surface area contributed by atoms with Gasteiger partial charge in [0.2, 0.25) is 5.91 Å². The van der Waals surface area contributed by atoms with Crippen LogP contribution >= 0.6 is 0 Å². The minimum atomic E-state index is 0.0146. The van der Waals surface area contributed by atoms with Gasteiger partial charge in [0.25, 0.3) is 5.91 Å². The van der Waals surface area contributed by atoms with Gasteiger partial charge in [-0.3, -0.25) is 9.59 Å². The van der Waals surface area contributed by atoms with Crippen molar-refractivity contribution < 1.29 is 9.59 Å². The maximum Gasteiger partial charge on any atom is 0.253 e. The van der Waals surface area contributed by atoms with Crippen molar-refractivity contribution in [3.63, 3.8) is 0 Å². The van der Waals surface area contributed by atoms with Crippen LogP contribution in [0.4, 0.5) is 5.69 Å². The number of carbonyl (C=O) groups is 2. The Morgan fingerprint density at radius 1 is 1.04 bits per heavy atom. The Morgan fingerprint density at radius 3 is 2.50 bits per heavy atom. The molecule has 1 fully saturated rings. The summed E-state index contributed by atoms with van der Waals surface area (Å²) in [6, 6.07) is 16.2. The Bertz CT molecular complexity index is 856. The number of anilines is 1. The Hall–Kier alpha value is -2.82. The molecule has 0 bridgehead atoms. The molecule has 0 spiro atoms. The second-order valence-corrected chi connectivity index (χ2v) is 7.78. The van der Waals surface area contributed by atoms with Crippen molar-refractivity contribution in [1.82, 2.24) is 10.2 Å². The summed E-state index contributed by atoms with van der Waals surface area (Å²) in [6.07, 6.45) is 3.17. The summed E-state index contributed by atoms with van der Waals surface area (Å²) in [7, 11) is 0. The maximum absolute atomic E-state index is 12.5. The lowest BCUT2D eigenvalue weighted by Crippen LogP contribution is -2.39. The third-order valence-corrected chi connectivity index (χ3v) is 5.75. The van der Waals surface area contributed by atoms with Crippen molar-refractivity contribution >= 4 is 17.5 Å². The van der Waals surface area contributed by atoms with Gasteiger partial charge in [0.15, 0.2) is 0 Å². The molecule has 28 heavy (non-hydrogen) atoms. The van der Waals surface area contributed by atoms with Crippen LogP contribution in [0.15, 0.2) is 48.5 Å². The lowest BCUT2D eigenvalue weighted by atomic mass is 10.1. The lowest BCUT2D eigenvalue weighted by molar-refractivity contribution is -0.120. The number of hydrogen-bond donors (Lipinski definition) is 1. The number of nitrogens with zero attached hydrogens (tertiary/aromatic N) is 2. The number of hydrogen-bond acceptors (Lipinski definition) is 3. The van der Waals surface area contributed by atoms with E-state index in [9.17, 15) is 9.59 Å². The van der Waals surface area contributed by atoms with Gasteiger partial charge < -0.3 is 15.1 Å². The average Bonchev–Trinajstić information content (AvgIpc) is 3.35. The fourth-order valence-corrected chi connectivity index (χ4v) is 4.15. The molecule has 2 amide bonds. The van der Waals surface area contributed by atoms with E-state index in [-0.39, 0.29) is 11.8 Å². The fraction of sp³-hybridized carbons (Fsp3) is 0.391. The zero-order chi connectivity index (χ0) is 19.5. The minimum absolute atomic E-state index is 0.0146. The number of para-hydroxylation sites is 1. The van der Waals surface area contributed by atoms with Crippen molar-refractivity contribution in [1.29, 1.82) is 0 Å². The van der Waals surface area contributed by atoms with Crippen molar-refractivity contribution in [2.75, 3.05) is 24.5 Å². The number of likely N-dealkylation sites (tertiary alicyclic amines) is 1. The van der Waals surface area contributed by atoms with Gasteiger partial charge in [-0.1, -0.05) is 30.3 Å². The number of nitrogens with one attached hydrogen (secondary N) is 1. The number of rotatable bonds is 5. The zero-order valence-corrected chi connectivity index (χ0v) is 16.4. The Balaban J connectivity index is 1.31. The number of benzene rings is 2. The summed E-state index contributed by atoms with van der Waals surface area (Å²) < 4.78 is 0. The van der Waals surface area contributed by atoms with Gasteiger partial charge in [0.1, 0.15) is 0 Å². The molecule has 1 N–H and O–H groups in total. The van der Waals surface area contributed by atoms with E-state index in [1.807, 2.05) is 41.3 Å². The standard InChI is InChI=1S/C23H27N3O2/c1-17-14-20-6-2-3-7-21(20)26(17)16-22(27)24-15-18-8-10-19(11-9-18)23(28)25-12-4-5-13-25/h2-3,6-11,17H,4-5,12-16H2,1H3,(H,24,27). The topological polar surface area (TPSA) is 52.7 Å². The Labute approximate surface area is 166 Å². The van der Waals surface area contributed by atoms with E-state index < -0.39 is 0 Å². The molecule has 0 aliphatic carbocycles. The highest BCUT2D eigenvalue weighted by Gasteiger charge is 2.26. The molecule has 0 radical (unpaired) electrons. The van der Waals surface area contributed by atoms with Gasteiger partial charge in [-0.05, 0) is 55.5 Å². The van der Waals surface area contributed by atoms with Gasteiger partial charge in [-0.15, -0.1) is 0 Å². The first-order valence-corrected chi connectivity index (χ1v) is 10.1. The molecule has 1 saturated heterocycles. The lowest BCUT2D eigenvalue weighted by Gasteiger charge is -2.24. The molecule has 0 saturated carbocycles. The molecule has 146 valence electrons. The van der Waals surface area contributed by atoms with Crippen LogP contribution in [0.3, 0.4) is 0 Å². The summed E-state index contributed by atoms with van der Waals surface area (Å²) in [5.74, 6) is 0.121. The molecule has 2 aromatic carbocycles. The van der Waals surface area contributed by atoms with Crippen molar-refractivity contribution in [2.24, 2.45) is 0 Å². The van der Waals surface area contributed by atoms with Gasteiger partial charge in [0, 0.05) is 36.9 Å². The van der Waals surface area contributed by atoms with E-state index in [0.717, 1.165) is 49.2 Å². The Morgan fingerprint density at radius 2 is 1.75 bits per heavy atom. The first kappa shape index (κ1) is 18.5. The number of amides is 2. The fourth-order valence-electron chi connectivity index (χ4n) is 4.15. The van der Waals surface area contributed by atoms with Crippen LogP contribution in [0.25, 0.3) is 0 Å². The summed E-state index contributed by atoms with van der Waals surface area (Å²) in [5.41, 5.74) is 4.19. The van der Waals surface area contributed by atoms with Crippen LogP contribution < -0.4 is 10.2 Å². The summed E-state index contributed by atoms with van der Waals surface area (Å²) >= 11 is 0. The highest BCUT2D eigenvalue weighted by molar-refractivity contribution is 5.94. The van der Waals surface area contributed by atoms with Gasteiger partial charge >= 0.3 is 0 Å². The molecule has 2 aliphatic heterocycles. The first-order valence-electron chi connectivity index (χ1n) is 10.1. The average molecular weight is 377 g/mol. The smallest absolute Gasteiger partial charge is 0.253 e. The molecular formula is C23H27N3O2. The predicted octanol–water partition coefficient (Wildman–Crippen LogP) is 2.99. The molecule has 1 unspecified atom stereocenters. The molecule has 5 nitrogen and oxygen atoms in total. The van der Waals surface area contributed by atoms with Gasteiger partial charge in [0.05, 0.1) is 6.54 Å². The molecule has 2 aliphatic rings. The minimum Gasteiger partial charge on any atom is -0.359 e. The highest BCUT2D eigenvalue weighted by Crippen LogP contribution is 2.31. The van der Waals surface area contributed by atoms with Crippen molar-refractivity contribution in [2.45, 2.75) is 38.8 Å². The molecule has 2 aromatic rings. The third kappa shape index (κ3) is 3.88. The second kappa shape index (κ2) is 8.05. The molecule has 1 atom stereocenters. The summed E-state index contributed by atoms with van der Waals surface area (Å²) in [5, 5.41) is 3.01. The van der Waals surface area contributed by atoms with E-state index in [1.54, 1.807) is 0 Å².